The van der Waals surface area contributed by atoms with Crippen molar-refractivity contribution in [2.75, 3.05) is 13.1 Å². The molecule has 7 nitrogen and oxygen atoms in total. The van der Waals surface area contributed by atoms with Gasteiger partial charge in [0, 0.05) is 25.8 Å². The van der Waals surface area contributed by atoms with Crippen molar-refractivity contribution in [3.8, 4) is 0 Å². The molecule has 0 radical (unpaired) electrons. The first-order chi connectivity index (χ1) is 9.04. The Morgan fingerprint density at radius 2 is 2.47 bits per heavy atom. The van der Waals surface area contributed by atoms with Crippen LogP contribution in [0.5, 0.6) is 0 Å². The van der Waals surface area contributed by atoms with E-state index in [0.29, 0.717) is 30.6 Å². The number of β-amino-alcohol motifs (C(OH)–C–C–N with tert-alkyl or cyclic N) is 1. The van der Waals surface area contributed by atoms with Crippen LogP contribution in [-0.4, -0.2) is 39.1 Å². The minimum Gasteiger partial charge on any atom is -0.389 e. The van der Waals surface area contributed by atoms with Crippen molar-refractivity contribution < 1.29 is 10.0 Å². The van der Waals surface area contributed by atoms with Crippen LogP contribution < -0.4 is 5.32 Å². The van der Waals surface area contributed by atoms with Crippen molar-refractivity contribution >= 4 is 11.6 Å². The van der Waals surface area contributed by atoms with Gasteiger partial charge in [0.1, 0.15) is 5.15 Å². The molecule has 0 aliphatic carbocycles. The highest BCUT2D eigenvalue weighted by atomic mass is 35.5. The maximum atomic E-state index is 10.6. The van der Waals surface area contributed by atoms with Gasteiger partial charge < -0.3 is 15.3 Å². The van der Waals surface area contributed by atoms with E-state index in [0.717, 1.165) is 11.8 Å². The summed E-state index contributed by atoms with van der Waals surface area (Å²) >= 11 is 5.70. The summed E-state index contributed by atoms with van der Waals surface area (Å²) < 4.78 is 0. The lowest BCUT2D eigenvalue weighted by molar-refractivity contribution is -0.405. The molecule has 8 heteroatoms. The van der Waals surface area contributed by atoms with Gasteiger partial charge in [-0.1, -0.05) is 17.7 Å². The predicted molar refractivity (Wildman–Crippen MR) is 68.7 cm³/mol. The van der Waals surface area contributed by atoms with E-state index < -0.39 is 11.0 Å². The Balaban J connectivity index is 2.14. The minimum absolute atomic E-state index is 0.301. The average Bonchev–Trinajstić information content (AvgIpc) is 2.35. The van der Waals surface area contributed by atoms with Crippen LogP contribution in [-0.2, 0) is 6.54 Å². The highest BCUT2D eigenvalue weighted by molar-refractivity contribution is 6.29. The molecule has 0 amide bonds. The number of aliphatic hydroxyl groups is 1. The number of rotatable bonds is 3. The second-order valence-electron chi connectivity index (χ2n) is 4.20. The zero-order valence-corrected chi connectivity index (χ0v) is 10.7. The summed E-state index contributed by atoms with van der Waals surface area (Å²) in [5.74, 6) is 0.380. The summed E-state index contributed by atoms with van der Waals surface area (Å²) in [5.41, 5.74) is 0.856. The van der Waals surface area contributed by atoms with E-state index in [1.807, 2.05) is 0 Å². The minimum atomic E-state index is -0.566. The molecule has 19 heavy (non-hydrogen) atoms. The Kier molecular flexibility index (Phi) is 4.18. The van der Waals surface area contributed by atoms with Gasteiger partial charge in [0.05, 0.1) is 11.0 Å². The molecule has 1 fully saturated rings. The molecule has 2 rings (SSSR count). The molecule has 102 valence electrons. The number of halogens is 1. The lowest BCUT2D eigenvalue weighted by Crippen LogP contribution is -2.47. The van der Waals surface area contributed by atoms with Crippen LogP contribution >= 0.6 is 11.6 Å². The van der Waals surface area contributed by atoms with Crippen molar-refractivity contribution in [3.05, 3.63) is 51.2 Å². The molecule has 0 saturated carbocycles. The standard InChI is InChI=1S/C11H13ClN4O3/c12-10-2-1-8(3-13-10)5-15-6-9(17)4-14-11(15)7-16(18)19/h1-3,7,9,14,17H,4-6H2/b11-7+. The molecule has 0 aromatic carbocycles. The Morgan fingerprint density at radius 1 is 1.68 bits per heavy atom. The van der Waals surface area contributed by atoms with Crippen molar-refractivity contribution in [1.82, 2.24) is 15.2 Å². The first kappa shape index (κ1) is 13.6. The summed E-state index contributed by atoms with van der Waals surface area (Å²) in [5, 5.41) is 23.4. The largest absolute Gasteiger partial charge is 0.389 e. The van der Waals surface area contributed by atoms with E-state index in [1.54, 1.807) is 23.2 Å². The summed E-state index contributed by atoms with van der Waals surface area (Å²) in [6, 6.07) is 3.45. The number of aromatic nitrogens is 1. The predicted octanol–water partition coefficient (Wildman–Crippen LogP) is 0.577. The zero-order valence-electron chi connectivity index (χ0n) is 9.99. The quantitative estimate of drug-likeness (QED) is 0.479. The van der Waals surface area contributed by atoms with Gasteiger partial charge in [-0.3, -0.25) is 10.1 Å². The Hall–Kier alpha value is -1.86. The number of pyridine rings is 1. The van der Waals surface area contributed by atoms with Crippen LogP contribution in [0.1, 0.15) is 5.56 Å². The van der Waals surface area contributed by atoms with Crippen LogP contribution in [0.2, 0.25) is 5.15 Å². The summed E-state index contributed by atoms with van der Waals surface area (Å²) in [6.45, 7) is 1.04. The van der Waals surface area contributed by atoms with Crippen molar-refractivity contribution in [2.24, 2.45) is 0 Å². The molecule has 1 atom stereocenters. The van der Waals surface area contributed by atoms with Gasteiger partial charge >= 0.3 is 0 Å². The SMILES string of the molecule is O=[N+]([O-])/C=C1\NCC(O)CN1Cc1ccc(Cl)nc1. The Labute approximate surface area is 114 Å². The normalized spacial score (nSPS) is 21.3. The van der Waals surface area contributed by atoms with E-state index >= 15 is 0 Å². The molecule has 1 aliphatic rings. The van der Waals surface area contributed by atoms with Crippen LogP contribution in [0.4, 0.5) is 0 Å². The number of hydrogen-bond acceptors (Lipinski definition) is 6. The van der Waals surface area contributed by atoms with Gasteiger partial charge in [0.25, 0.3) is 6.20 Å². The Bertz CT molecular complexity index is 491. The third kappa shape index (κ3) is 3.80. The van der Waals surface area contributed by atoms with Gasteiger partial charge in [0.15, 0.2) is 5.82 Å². The molecule has 1 unspecified atom stereocenters. The molecule has 1 aliphatic heterocycles. The topological polar surface area (TPSA) is 91.5 Å². The number of nitrogens with one attached hydrogen (secondary N) is 1. The van der Waals surface area contributed by atoms with E-state index in [-0.39, 0.29) is 0 Å². The van der Waals surface area contributed by atoms with E-state index in [2.05, 4.69) is 10.3 Å². The first-order valence-corrected chi connectivity index (χ1v) is 6.05. The van der Waals surface area contributed by atoms with Crippen LogP contribution in [0.15, 0.2) is 30.4 Å². The molecule has 1 aromatic rings. The highest BCUT2D eigenvalue weighted by Gasteiger charge is 2.23. The molecule has 0 bridgehead atoms. The molecule has 1 saturated heterocycles. The molecule has 1 aromatic heterocycles. The Morgan fingerprint density at radius 3 is 3.11 bits per heavy atom. The van der Waals surface area contributed by atoms with E-state index in [9.17, 15) is 15.2 Å². The van der Waals surface area contributed by atoms with Gasteiger partial charge in [-0.15, -0.1) is 0 Å². The van der Waals surface area contributed by atoms with Gasteiger partial charge in [-0.2, -0.15) is 0 Å². The average molecular weight is 285 g/mol. The fourth-order valence-corrected chi connectivity index (χ4v) is 1.96. The van der Waals surface area contributed by atoms with Gasteiger partial charge in [-0.25, -0.2) is 4.98 Å². The molecule has 2 heterocycles. The molecule has 0 spiro atoms. The van der Waals surface area contributed by atoms with Crippen molar-refractivity contribution in [3.63, 3.8) is 0 Å². The summed E-state index contributed by atoms with van der Waals surface area (Å²) in [4.78, 5) is 15.7. The van der Waals surface area contributed by atoms with Crippen LogP contribution in [0, 0.1) is 10.1 Å². The lowest BCUT2D eigenvalue weighted by atomic mass is 10.2. The third-order valence-electron chi connectivity index (χ3n) is 2.68. The zero-order chi connectivity index (χ0) is 13.8. The summed E-state index contributed by atoms with van der Waals surface area (Å²) in [6.07, 6.45) is 1.94. The first-order valence-electron chi connectivity index (χ1n) is 5.67. The maximum Gasteiger partial charge on any atom is 0.274 e. The van der Waals surface area contributed by atoms with Crippen molar-refractivity contribution in [1.29, 1.82) is 0 Å². The van der Waals surface area contributed by atoms with Crippen LogP contribution in [0.25, 0.3) is 0 Å². The van der Waals surface area contributed by atoms with Crippen molar-refractivity contribution in [2.45, 2.75) is 12.6 Å². The second-order valence-corrected chi connectivity index (χ2v) is 4.59. The number of hydrogen-bond donors (Lipinski definition) is 2. The monoisotopic (exact) mass is 284 g/mol. The van der Waals surface area contributed by atoms with Gasteiger partial charge in [0.2, 0.25) is 0 Å². The molecular weight excluding hydrogens is 272 g/mol. The molecular formula is C11H13ClN4O3. The van der Waals surface area contributed by atoms with E-state index in [1.165, 1.54) is 0 Å². The summed E-state index contributed by atoms with van der Waals surface area (Å²) in [7, 11) is 0. The lowest BCUT2D eigenvalue weighted by Gasteiger charge is -2.33. The van der Waals surface area contributed by atoms with E-state index in [4.69, 9.17) is 11.6 Å². The van der Waals surface area contributed by atoms with Crippen LogP contribution in [0.3, 0.4) is 0 Å². The number of nitro groups is 1. The second kappa shape index (κ2) is 5.85. The third-order valence-corrected chi connectivity index (χ3v) is 2.90. The number of aliphatic hydroxyl groups excluding tert-OH is 1. The molecule has 2 N–H and O–H groups in total. The highest BCUT2D eigenvalue weighted by Crippen LogP contribution is 2.14. The fourth-order valence-electron chi connectivity index (χ4n) is 1.85. The smallest absolute Gasteiger partial charge is 0.274 e. The van der Waals surface area contributed by atoms with Gasteiger partial charge in [-0.05, 0) is 11.6 Å². The number of nitrogens with zero attached hydrogens (tertiary/aromatic N) is 3. The fraction of sp³-hybridized carbons (Fsp3) is 0.364. The maximum absolute atomic E-state index is 10.6.